The number of allylic oxidation sites excluding steroid dienone is 1. The maximum atomic E-state index is 15.0. The molecule has 2 aliphatic rings. The van der Waals surface area contributed by atoms with Crippen LogP contribution in [0.2, 0.25) is 0 Å². The van der Waals surface area contributed by atoms with Gasteiger partial charge in [0.15, 0.2) is 11.6 Å². The molecule has 3 heterocycles. The number of carboxylic acid groups (broad SMARTS) is 1. The van der Waals surface area contributed by atoms with E-state index in [2.05, 4.69) is 5.32 Å². The van der Waals surface area contributed by atoms with Crippen molar-refractivity contribution in [3.05, 3.63) is 39.6 Å². The Morgan fingerprint density at radius 2 is 2.23 bits per heavy atom. The highest BCUT2D eigenvalue weighted by atomic mass is 19.1. The van der Waals surface area contributed by atoms with E-state index >= 15 is 4.39 Å². The zero-order valence-corrected chi connectivity index (χ0v) is 14.4. The molecule has 1 fully saturated rings. The van der Waals surface area contributed by atoms with E-state index in [0.29, 0.717) is 36.6 Å². The lowest BCUT2D eigenvalue weighted by molar-refractivity contribution is 0.0695. The second kappa shape index (κ2) is 5.84. The van der Waals surface area contributed by atoms with Crippen LogP contribution in [0, 0.1) is 5.82 Å². The second-order valence-electron chi connectivity index (χ2n) is 6.66. The van der Waals surface area contributed by atoms with Gasteiger partial charge in [0, 0.05) is 38.1 Å². The molecule has 1 aromatic carbocycles. The van der Waals surface area contributed by atoms with Gasteiger partial charge < -0.3 is 24.6 Å². The summed E-state index contributed by atoms with van der Waals surface area (Å²) in [4.78, 5) is 25.8. The Hall–Kier alpha value is -2.87. The highest BCUT2D eigenvalue weighted by Gasteiger charge is 2.29. The van der Waals surface area contributed by atoms with Gasteiger partial charge in [0.2, 0.25) is 5.43 Å². The van der Waals surface area contributed by atoms with Gasteiger partial charge >= 0.3 is 5.97 Å². The molecule has 1 atom stereocenters. The average molecular weight is 359 g/mol. The number of ether oxygens (including phenoxy) is 1. The lowest BCUT2D eigenvalue weighted by Crippen LogP contribution is -2.49. The van der Waals surface area contributed by atoms with Crippen molar-refractivity contribution in [1.29, 1.82) is 0 Å². The predicted molar refractivity (Wildman–Crippen MR) is 95.4 cm³/mol. The van der Waals surface area contributed by atoms with Crippen molar-refractivity contribution < 1.29 is 19.0 Å². The van der Waals surface area contributed by atoms with Gasteiger partial charge in [-0.1, -0.05) is 0 Å². The molecule has 2 N–H and O–H groups in total. The summed E-state index contributed by atoms with van der Waals surface area (Å²) in [6, 6.07) is 1.30. The molecule has 1 aromatic heterocycles. The molecule has 1 unspecified atom stereocenters. The van der Waals surface area contributed by atoms with Crippen molar-refractivity contribution in [1.82, 2.24) is 9.88 Å². The Labute approximate surface area is 148 Å². The molecule has 7 nitrogen and oxygen atoms in total. The summed E-state index contributed by atoms with van der Waals surface area (Å²) >= 11 is 0. The number of hydrogen-bond acceptors (Lipinski definition) is 5. The first-order valence-corrected chi connectivity index (χ1v) is 8.36. The molecule has 1 saturated heterocycles. The highest BCUT2D eigenvalue weighted by Crippen LogP contribution is 2.41. The van der Waals surface area contributed by atoms with Crippen LogP contribution in [0.15, 0.2) is 22.8 Å². The maximum absolute atomic E-state index is 15.0. The second-order valence-corrected chi connectivity index (χ2v) is 6.66. The minimum Gasteiger partial charge on any atom is -0.477 e. The van der Waals surface area contributed by atoms with Gasteiger partial charge in [-0.25, -0.2) is 9.18 Å². The molecule has 136 valence electrons. The molecule has 4 rings (SSSR count). The predicted octanol–water partition coefficient (Wildman–Crippen LogP) is 1.85. The van der Waals surface area contributed by atoms with E-state index in [9.17, 15) is 14.7 Å². The molecular weight excluding hydrogens is 341 g/mol. The maximum Gasteiger partial charge on any atom is 0.341 e. The van der Waals surface area contributed by atoms with E-state index in [1.165, 1.54) is 10.8 Å². The fraction of sp³-hybridized carbons (Fsp3) is 0.333. The van der Waals surface area contributed by atoms with Gasteiger partial charge in [0.1, 0.15) is 22.5 Å². The van der Waals surface area contributed by atoms with Crippen molar-refractivity contribution in [2.75, 3.05) is 24.5 Å². The number of halogens is 1. The van der Waals surface area contributed by atoms with Gasteiger partial charge in [-0.3, -0.25) is 4.79 Å². The molecule has 8 heteroatoms. The molecule has 0 bridgehead atoms. The van der Waals surface area contributed by atoms with Crippen LogP contribution in [0.5, 0.6) is 5.75 Å². The van der Waals surface area contributed by atoms with Crippen molar-refractivity contribution in [3.8, 4) is 5.75 Å². The molecule has 0 amide bonds. The quantitative estimate of drug-likeness (QED) is 0.851. The largest absolute Gasteiger partial charge is 0.477 e. The van der Waals surface area contributed by atoms with E-state index in [1.54, 1.807) is 13.1 Å². The van der Waals surface area contributed by atoms with E-state index < -0.39 is 22.8 Å². The van der Waals surface area contributed by atoms with Crippen molar-refractivity contribution >= 4 is 28.8 Å². The Balaban J connectivity index is 2.04. The lowest BCUT2D eigenvalue weighted by atomic mass is 10.1. The Morgan fingerprint density at radius 1 is 1.46 bits per heavy atom. The number of carbonyl (C=O) groups is 1. The van der Waals surface area contributed by atoms with Crippen LogP contribution in [0.25, 0.3) is 17.1 Å². The number of aromatic nitrogens is 1. The van der Waals surface area contributed by atoms with Crippen LogP contribution >= 0.6 is 0 Å². The zero-order chi connectivity index (χ0) is 18.6. The minimum atomic E-state index is -1.35. The number of benzene rings is 1. The van der Waals surface area contributed by atoms with Crippen molar-refractivity contribution in [2.45, 2.75) is 19.9 Å². The molecular formula is C18H18FN3O4. The van der Waals surface area contributed by atoms with Gasteiger partial charge in [-0.15, -0.1) is 0 Å². The number of anilines is 1. The third-order valence-corrected chi connectivity index (χ3v) is 4.70. The van der Waals surface area contributed by atoms with Crippen LogP contribution in [0.1, 0.15) is 24.2 Å². The van der Waals surface area contributed by atoms with Crippen LogP contribution in [-0.4, -0.2) is 41.3 Å². The summed E-state index contributed by atoms with van der Waals surface area (Å²) in [6.45, 7) is 5.61. The molecule has 2 aromatic rings. The number of rotatable bonds is 2. The first-order chi connectivity index (χ1) is 12.4. The summed E-state index contributed by atoms with van der Waals surface area (Å²) in [7, 11) is 0. The number of carboxylic acids is 1. The minimum absolute atomic E-state index is 0.00640. The average Bonchev–Trinajstić information content (AvgIpc) is 2.56. The molecule has 0 aliphatic carbocycles. The summed E-state index contributed by atoms with van der Waals surface area (Å²) < 4.78 is 22.4. The topological polar surface area (TPSA) is 83.8 Å². The number of pyridine rings is 1. The normalized spacial score (nSPS) is 19.3. The first kappa shape index (κ1) is 16.6. The van der Waals surface area contributed by atoms with Crippen LogP contribution in [0.4, 0.5) is 10.1 Å². The van der Waals surface area contributed by atoms with Crippen LogP contribution in [-0.2, 0) is 0 Å². The van der Waals surface area contributed by atoms with Crippen molar-refractivity contribution in [3.63, 3.8) is 0 Å². The standard InChI is InChI=1S/C18H18FN3O4/c1-9-6-21(4-3-20-9)15-13(19)5-11-14-17(15)26-10(2)7-22(14)8-12(16(11)23)18(24)25/h5,7-9,20H,3-4,6H2,1-2H3,(H,24,25). The molecule has 26 heavy (non-hydrogen) atoms. The third kappa shape index (κ3) is 2.45. The lowest BCUT2D eigenvalue weighted by Gasteiger charge is -2.35. The van der Waals surface area contributed by atoms with E-state index in [0.717, 1.165) is 6.07 Å². The zero-order valence-electron chi connectivity index (χ0n) is 14.4. The Morgan fingerprint density at radius 3 is 2.92 bits per heavy atom. The fourth-order valence-electron chi connectivity index (χ4n) is 3.61. The van der Waals surface area contributed by atoms with Gasteiger partial charge in [0.25, 0.3) is 0 Å². The fourth-order valence-corrected chi connectivity index (χ4v) is 3.61. The van der Waals surface area contributed by atoms with Crippen molar-refractivity contribution in [2.24, 2.45) is 0 Å². The van der Waals surface area contributed by atoms with Crippen LogP contribution in [0.3, 0.4) is 0 Å². The number of nitrogens with zero attached hydrogens (tertiary/aromatic N) is 2. The summed E-state index contributed by atoms with van der Waals surface area (Å²) in [5.74, 6) is -1.21. The van der Waals surface area contributed by atoms with Gasteiger partial charge in [-0.05, 0) is 19.9 Å². The Bertz CT molecular complexity index is 1030. The molecule has 0 saturated carbocycles. The Kier molecular flexibility index (Phi) is 3.73. The van der Waals surface area contributed by atoms with E-state index in [1.807, 2.05) is 11.8 Å². The van der Waals surface area contributed by atoms with Gasteiger partial charge in [0.05, 0.1) is 5.39 Å². The number of hydrogen-bond donors (Lipinski definition) is 2. The highest BCUT2D eigenvalue weighted by molar-refractivity contribution is 5.98. The summed E-state index contributed by atoms with van der Waals surface area (Å²) in [6.07, 6.45) is 2.84. The monoisotopic (exact) mass is 359 g/mol. The smallest absolute Gasteiger partial charge is 0.341 e. The van der Waals surface area contributed by atoms with Crippen LogP contribution < -0.4 is 20.4 Å². The molecule has 0 radical (unpaired) electrons. The van der Waals surface area contributed by atoms with Gasteiger partial charge in [-0.2, -0.15) is 0 Å². The number of piperazine rings is 1. The summed E-state index contributed by atoms with van der Waals surface area (Å²) in [5.41, 5.74) is -0.444. The van der Waals surface area contributed by atoms with E-state index in [-0.39, 0.29) is 17.2 Å². The summed E-state index contributed by atoms with van der Waals surface area (Å²) in [5, 5.41) is 12.6. The molecule has 0 spiro atoms. The third-order valence-electron chi connectivity index (χ3n) is 4.70. The number of aromatic carboxylic acids is 1. The molecule has 2 aliphatic heterocycles. The van der Waals surface area contributed by atoms with E-state index in [4.69, 9.17) is 4.74 Å². The number of nitrogens with one attached hydrogen (secondary N) is 1. The first-order valence-electron chi connectivity index (χ1n) is 8.36. The SMILES string of the molecule is CC1=Cn2cc(C(=O)O)c(=O)c3cc(F)c(N4CCNC(C)C4)c(c32)O1.